The lowest BCUT2D eigenvalue weighted by Gasteiger charge is -2.30. The maximum absolute atomic E-state index is 11.5. The number of aryl methyl sites for hydroxylation is 2. The molecule has 1 rings (SSSR count). The van der Waals surface area contributed by atoms with Crippen LogP contribution in [0.3, 0.4) is 0 Å². The molecular weight excluding hydrogens is 308 g/mol. The third-order valence-electron chi connectivity index (χ3n) is 4.28. The zero-order valence-corrected chi connectivity index (χ0v) is 15.1. The van der Waals surface area contributed by atoms with Gasteiger partial charge < -0.3 is 4.74 Å². The zero-order chi connectivity index (χ0) is 16.3. The molecule has 0 aliphatic rings. The van der Waals surface area contributed by atoms with Gasteiger partial charge in [0.25, 0.3) is 0 Å². The van der Waals surface area contributed by atoms with Crippen LogP contribution in [0.15, 0.2) is 12.1 Å². The van der Waals surface area contributed by atoms with Gasteiger partial charge in [0.15, 0.2) is 0 Å². The lowest BCUT2D eigenvalue weighted by atomic mass is 9.85. The van der Waals surface area contributed by atoms with Crippen LogP contribution < -0.4 is 4.74 Å². The predicted octanol–water partition coefficient (Wildman–Crippen LogP) is 4.37. The van der Waals surface area contributed by atoms with E-state index >= 15 is 0 Å². The van der Waals surface area contributed by atoms with Crippen LogP contribution in [0.2, 0.25) is 0 Å². The van der Waals surface area contributed by atoms with E-state index in [0.717, 1.165) is 16.9 Å². The van der Waals surface area contributed by atoms with E-state index in [0.29, 0.717) is 19.4 Å². The highest BCUT2D eigenvalue weighted by Crippen LogP contribution is 2.32. The van der Waals surface area contributed by atoms with Crippen molar-refractivity contribution < 1.29 is 13.2 Å². The number of hydrogen-bond acceptors (Lipinski definition) is 3. The van der Waals surface area contributed by atoms with Crippen molar-refractivity contribution in [2.75, 3.05) is 12.4 Å². The lowest BCUT2D eigenvalue weighted by Crippen LogP contribution is -2.34. The Morgan fingerprint density at radius 2 is 1.71 bits per heavy atom. The van der Waals surface area contributed by atoms with Gasteiger partial charge in [-0.25, -0.2) is 8.42 Å². The first kappa shape index (κ1) is 18.3. The van der Waals surface area contributed by atoms with Crippen molar-refractivity contribution >= 4 is 19.7 Å². The highest BCUT2D eigenvalue weighted by molar-refractivity contribution is 8.13. The third-order valence-corrected chi connectivity index (χ3v) is 5.56. The topological polar surface area (TPSA) is 43.4 Å². The second kappa shape index (κ2) is 7.01. The fourth-order valence-corrected chi connectivity index (χ4v) is 4.36. The summed E-state index contributed by atoms with van der Waals surface area (Å²) in [7, 11) is 1.91. The normalized spacial score (nSPS) is 12.5. The van der Waals surface area contributed by atoms with Gasteiger partial charge in [0, 0.05) is 16.1 Å². The van der Waals surface area contributed by atoms with Gasteiger partial charge in [-0.3, -0.25) is 0 Å². The van der Waals surface area contributed by atoms with Crippen molar-refractivity contribution in [3.63, 3.8) is 0 Å². The van der Waals surface area contributed by atoms with Crippen LogP contribution in [-0.4, -0.2) is 20.8 Å². The van der Waals surface area contributed by atoms with E-state index < -0.39 is 14.5 Å². The molecule has 0 atom stereocenters. The predicted molar refractivity (Wildman–Crippen MR) is 88.8 cm³/mol. The first-order valence-corrected chi connectivity index (χ1v) is 9.73. The standard InChI is InChI=1S/C16H25ClO3S/c1-6-16(7-2,11-21(17,18)19)10-20-15-9-12(3)8-13(4)14(15)5/h8-9H,6-7,10-11H2,1-5H3. The van der Waals surface area contributed by atoms with Gasteiger partial charge in [0.2, 0.25) is 9.05 Å². The minimum atomic E-state index is -3.54. The van der Waals surface area contributed by atoms with E-state index in [1.165, 1.54) is 5.56 Å². The molecule has 0 N–H and O–H groups in total. The van der Waals surface area contributed by atoms with Crippen LogP contribution in [0, 0.1) is 26.2 Å². The molecule has 0 fully saturated rings. The van der Waals surface area contributed by atoms with Crippen LogP contribution in [0.4, 0.5) is 0 Å². The monoisotopic (exact) mass is 332 g/mol. The average molecular weight is 333 g/mol. The highest BCUT2D eigenvalue weighted by Gasteiger charge is 2.32. The summed E-state index contributed by atoms with van der Waals surface area (Å²) in [5, 5.41) is 0. The largest absolute Gasteiger partial charge is 0.493 e. The van der Waals surface area contributed by atoms with Crippen LogP contribution in [0.25, 0.3) is 0 Å². The van der Waals surface area contributed by atoms with Gasteiger partial charge in [0.05, 0.1) is 12.4 Å². The van der Waals surface area contributed by atoms with Crippen molar-refractivity contribution in [1.82, 2.24) is 0 Å². The van der Waals surface area contributed by atoms with Crippen LogP contribution in [0.1, 0.15) is 43.4 Å². The number of benzene rings is 1. The molecule has 0 radical (unpaired) electrons. The first-order valence-electron chi connectivity index (χ1n) is 7.25. The summed E-state index contributed by atoms with van der Waals surface area (Å²) in [5.41, 5.74) is 2.96. The molecule has 0 unspecified atom stereocenters. The molecule has 0 spiro atoms. The molecule has 0 amide bonds. The summed E-state index contributed by atoms with van der Waals surface area (Å²) < 4.78 is 28.9. The Hall–Kier alpha value is -0.740. The van der Waals surface area contributed by atoms with E-state index in [1.807, 2.05) is 40.7 Å². The molecule has 21 heavy (non-hydrogen) atoms. The van der Waals surface area contributed by atoms with Gasteiger partial charge in [0.1, 0.15) is 5.75 Å². The molecule has 0 saturated carbocycles. The summed E-state index contributed by atoms with van der Waals surface area (Å²) in [4.78, 5) is 0. The number of halogens is 1. The Morgan fingerprint density at radius 1 is 1.14 bits per heavy atom. The SMILES string of the molecule is CCC(CC)(COc1cc(C)cc(C)c1C)CS(=O)(=O)Cl. The fourth-order valence-electron chi connectivity index (χ4n) is 2.45. The summed E-state index contributed by atoms with van der Waals surface area (Å²) in [6.45, 7) is 10.4. The van der Waals surface area contributed by atoms with Gasteiger partial charge in [-0.1, -0.05) is 19.9 Å². The lowest BCUT2D eigenvalue weighted by molar-refractivity contribution is 0.154. The molecule has 0 heterocycles. The second-order valence-electron chi connectivity index (χ2n) is 5.88. The molecule has 0 bridgehead atoms. The second-order valence-corrected chi connectivity index (χ2v) is 8.66. The maximum Gasteiger partial charge on any atom is 0.233 e. The summed E-state index contributed by atoms with van der Waals surface area (Å²) in [6.07, 6.45) is 1.42. The smallest absolute Gasteiger partial charge is 0.233 e. The molecule has 0 aliphatic heterocycles. The summed E-state index contributed by atoms with van der Waals surface area (Å²) in [6, 6.07) is 4.10. The highest BCUT2D eigenvalue weighted by atomic mass is 35.7. The van der Waals surface area contributed by atoms with Gasteiger partial charge in [-0.05, 0) is 56.4 Å². The summed E-state index contributed by atoms with van der Waals surface area (Å²) >= 11 is 0. The maximum atomic E-state index is 11.5. The van der Waals surface area contributed by atoms with E-state index in [-0.39, 0.29) is 5.75 Å². The molecule has 120 valence electrons. The Bertz CT molecular complexity index is 590. The average Bonchev–Trinajstić information content (AvgIpc) is 2.38. The molecule has 1 aromatic rings. The molecule has 5 heteroatoms. The van der Waals surface area contributed by atoms with Crippen molar-refractivity contribution in [2.24, 2.45) is 5.41 Å². The van der Waals surface area contributed by atoms with Crippen molar-refractivity contribution in [3.8, 4) is 5.75 Å². The van der Waals surface area contributed by atoms with Crippen molar-refractivity contribution in [2.45, 2.75) is 47.5 Å². The minimum Gasteiger partial charge on any atom is -0.493 e. The molecule has 1 aromatic carbocycles. The molecule has 0 saturated heterocycles. The molecular formula is C16H25ClO3S. The van der Waals surface area contributed by atoms with E-state index in [1.54, 1.807) is 0 Å². The fraction of sp³-hybridized carbons (Fsp3) is 0.625. The molecule has 0 aromatic heterocycles. The number of hydrogen-bond donors (Lipinski definition) is 0. The van der Waals surface area contributed by atoms with Gasteiger partial charge in [-0.2, -0.15) is 0 Å². The summed E-state index contributed by atoms with van der Waals surface area (Å²) in [5.74, 6) is 0.768. The molecule has 3 nitrogen and oxygen atoms in total. The van der Waals surface area contributed by atoms with Crippen molar-refractivity contribution in [1.29, 1.82) is 0 Å². The first-order chi connectivity index (χ1) is 9.62. The zero-order valence-electron chi connectivity index (χ0n) is 13.5. The molecule has 0 aliphatic carbocycles. The Morgan fingerprint density at radius 3 is 2.19 bits per heavy atom. The van der Waals surface area contributed by atoms with Crippen LogP contribution in [-0.2, 0) is 9.05 Å². The van der Waals surface area contributed by atoms with E-state index in [4.69, 9.17) is 15.4 Å². The van der Waals surface area contributed by atoms with Crippen LogP contribution >= 0.6 is 10.7 Å². The number of rotatable bonds is 7. The Labute approximate surface area is 133 Å². The van der Waals surface area contributed by atoms with Gasteiger partial charge in [-0.15, -0.1) is 0 Å². The van der Waals surface area contributed by atoms with Crippen LogP contribution in [0.5, 0.6) is 5.75 Å². The number of ether oxygens (including phenoxy) is 1. The third kappa shape index (κ3) is 5.19. The quantitative estimate of drug-likeness (QED) is 0.696. The Kier molecular flexibility index (Phi) is 6.11. The van der Waals surface area contributed by atoms with Crippen molar-refractivity contribution in [3.05, 3.63) is 28.8 Å². The van der Waals surface area contributed by atoms with Gasteiger partial charge >= 0.3 is 0 Å². The minimum absolute atomic E-state index is 0.0571. The van der Waals surface area contributed by atoms with E-state index in [9.17, 15) is 8.42 Å². The van der Waals surface area contributed by atoms with E-state index in [2.05, 4.69) is 6.07 Å². The Balaban J connectivity index is 2.97.